The van der Waals surface area contributed by atoms with Crippen LogP contribution in [0, 0.1) is 6.92 Å². The maximum Gasteiger partial charge on any atom is 0.355 e. The van der Waals surface area contributed by atoms with E-state index in [1.165, 1.54) is 0 Å². The second kappa shape index (κ2) is 8.06. The molecule has 0 spiro atoms. The number of carbonyl (C=O) groups excluding carboxylic acids is 2. The number of halogens is 1. The Morgan fingerprint density at radius 1 is 1.23 bits per heavy atom. The van der Waals surface area contributed by atoms with Crippen LogP contribution < -0.4 is 0 Å². The minimum atomic E-state index is -0.451. The van der Waals surface area contributed by atoms with Crippen molar-refractivity contribution in [1.29, 1.82) is 0 Å². The number of rotatable bonds is 6. The van der Waals surface area contributed by atoms with E-state index in [2.05, 4.69) is 4.98 Å². The number of esters is 1. The highest BCUT2D eigenvalue weighted by molar-refractivity contribution is 6.30. The molecule has 5 nitrogen and oxygen atoms in total. The van der Waals surface area contributed by atoms with Gasteiger partial charge in [-0.2, -0.15) is 0 Å². The summed E-state index contributed by atoms with van der Waals surface area (Å²) >= 11 is 5.95. The van der Waals surface area contributed by atoms with Gasteiger partial charge in [0, 0.05) is 29.3 Å². The van der Waals surface area contributed by atoms with Gasteiger partial charge in [-0.1, -0.05) is 23.7 Å². The van der Waals surface area contributed by atoms with Crippen molar-refractivity contribution in [2.45, 2.75) is 32.6 Å². The van der Waals surface area contributed by atoms with E-state index >= 15 is 0 Å². The number of ketones is 1. The van der Waals surface area contributed by atoms with Gasteiger partial charge in [-0.3, -0.25) is 4.79 Å². The van der Waals surface area contributed by atoms with Crippen LogP contribution in [0.2, 0.25) is 5.02 Å². The molecular weight excluding hydrogens is 354 g/mol. The molecule has 0 radical (unpaired) electrons. The molecule has 0 saturated carbocycles. The molecule has 1 atom stereocenters. The molecule has 2 aromatic rings. The van der Waals surface area contributed by atoms with Gasteiger partial charge in [-0.25, -0.2) is 4.79 Å². The molecule has 138 valence electrons. The zero-order valence-corrected chi connectivity index (χ0v) is 15.7. The highest BCUT2D eigenvalue weighted by atomic mass is 35.5. The Hall–Kier alpha value is -2.11. The highest BCUT2D eigenvalue weighted by Crippen LogP contribution is 2.35. The molecule has 0 fully saturated rings. The molecule has 0 bridgehead atoms. The lowest BCUT2D eigenvalue weighted by molar-refractivity contribution is 0.0329. The zero-order valence-electron chi connectivity index (χ0n) is 14.9. The molecule has 0 unspecified atom stereocenters. The van der Waals surface area contributed by atoms with Crippen molar-refractivity contribution in [1.82, 2.24) is 4.98 Å². The van der Waals surface area contributed by atoms with E-state index in [1.807, 2.05) is 31.2 Å². The number of H-pyrrole nitrogens is 1. The second-order valence-corrected chi connectivity index (χ2v) is 6.83. The van der Waals surface area contributed by atoms with E-state index < -0.39 is 5.97 Å². The average molecular weight is 376 g/mol. The molecule has 1 heterocycles. The summed E-state index contributed by atoms with van der Waals surface area (Å²) in [5.74, 6) is -0.326. The first-order chi connectivity index (χ1) is 12.5. The molecule has 0 aliphatic heterocycles. The Bertz CT molecular complexity index is 810. The molecule has 1 aromatic heterocycles. The standard InChI is InChI=1S/C20H22ClNO4/c1-3-25-8-9-26-20(24)19-12(2)18-16(22-19)10-14(11-17(18)23)13-4-6-15(21)7-5-13/h4-7,14,22H,3,8-11H2,1-2H3/t14-/m0/s1. The zero-order chi connectivity index (χ0) is 18.7. The van der Waals surface area contributed by atoms with Crippen molar-refractivity contribution >= 4 is 23.4 Å². The SMILES string of the molecule is CCOCCOC(=O)c1[nH]c2c(c1C)C(=O)C[C@@H](c1ccc(Cl)cc1)C2. The van der Waals surface area contributed by atoms with E-state index in [-0.39, 0.29) is 18.3 Å². The maximum absolute atomic E-state index is 12.7. The third-order valence-corrected chi connectivity index (χ3v) is 4.95. The van der Waals surface area contributed by atoms with Crippen LogP contribution in [0.25, 0.3) is 0 Å². The van der Waals surface area contributed by atoms with Crippen molar-refractivity contribution in [2.24, 2.45) is 0 Å². The number of benzene rings is 1. The highest BCUT2D eigenvalue weighted by Gasteiger charge is 2.32. The smallest absolute Gasteiger partial charge is 0.355 e. The number of ether oxygens (including phenoxy) is 2. The average Bonchev–Trinajstić information content (AvgIpc) is 2.96. The summed E-state index contributed by atoms with van der Waals surface area (Å²) in [5, 5.41) is 0.671. The lowest BCUT2D eigenvalue weighted by Gasteiger charge is -2.22. The Kier molecular flexibility index (Phi) is 5.79. The van der Waals surface area contributed by atoms with Crippen molar-refractivity contribution < 1.29 is 19.1 Å². The van der Waals surface area contributed by atoms with Gasteiger partial charge in [0.2, 0.25) is 0 Å². The van der Waals surface area contributed by atoms with E-state index in [1.54, 1.807) is 6.92 Å². The fourth-order valence-corrected chi connectivity index (χ4v) is 3.54. The monoisotopic (exact) mass is 375 g/mol. The lowest BCUT2D eigenvalue weighted by Crippen LogP contribution is -2.18. The number of hydrogen-bond donors (Lipinski definition) is 1. The van der Waals surface area contributed by atoms with Crippen LogP contribution in [0.15, 0.2) is 24.3 Å². The number of Topliss-reactive ketones (excluding diaryl/α,β-unsaturated/α-hetero) is 1. The summed E-state index contributed by atoms with van der Waals surface area (Å²) in [4.78, 5) is 28.1. The van der Waals surface area contributed by atoms with E-state index in [9.17, 15) is 9.59 Å². The number of nitrogens with one attached hydrogen (secondary N) is 1. The van der Waals surface area contributed by atoms with Crippen LogP contribution in [0.5, 0.6) is 0 Å². The third kappa shape index (κ3) is 3.84. The number of hydrogen-bond acceptors (Lipinski definition) is 4. The van der Waals surface area contributed by atoms with Crippen LogP contribution in [-0.2, 0) is 15.9 Å². The molecule has 1 aliphatic carbocycles. The normalized spacial score (nSPS) is 16.4. The second-order valence-electron chi connectivity index (χ2n) is 6.39. The van der Waals surface area contributed by atoms with Gasteiger partial charge in [-0.05, 0) is 49.4 Å². The summed E-state index contributed by atoms with van der Waals surface area (Å²) in [5.41, 5.74) is 3.53. The molecule has 26 heavy (non-hydrogen) atoms. The molecule has 0 saturated heterocycles. The first-order valence-electron chi connectivity index (χ1n) is 8.76. The summed E-state index contributed by atoms with van der Waals surface area (Å²) in [6, 6.07) is 7.56. The van der Waals surface area contributed by atoms with Gasteiger partial charge in [0.05, 0.1) is 6.61 Å². The first kappa shape index (κ1) is 18.7. The van der Waals surface area contributed by atoms with E-state index in [0.29, 0.717) is 47.9 Å². The summed E-state index contributed by atoms with van der Waals surface area (Å²) in [6.45, 7) is 4.80. The molecule has 3 rings (SSSR count). The molecule has 1 aliphatic rings. The Labute approximate surface area is 157 Å². The van der Waals surface area contributed by atoms with Gasteiger partial charge in [0.15, 0.2) is 5.78 Å². The van der Waals surface area contributed by atoms with Crippen molar-refractivity contribution in [3.8, 4) is 0 Å². The first-order valence-corrected chi connectivity index (χ1v) is 9.14. The van der Waals surface area contributed by atoms with Gasteiger partial charge < -0.3 is 14.5 Å². The van der Waals surface area contributed by atoms with Crippen molar-refractivity contribution in [2.75, 3.05) is 19.8 Å². The molecular formula is C20H22ClNO4. The van der Waals surface area contributed by atoms with Crippen LogP contribution in [-0.4, -0.2) is 36.6 Å². The molecule has 0 amide bonds. The largest absolute Gasteiger partial charge is 0.459 e. The molecule has 6 heteroatoms. The van der Waals surface area contributed by atoms with Crippen LogP contribution in [0.1, 0.15) is 56.9 Å². The quantitative estimate of drug-likeness (QED) is 0.610. The Balaban J connectivity index is 1.78. The maximum atomic E-state index is 12.7. The number of fused-ring (bicyclic) bond motifs is 1. The predicted octanol–water partition coefficient (Wildman–Crippen LogP) is 4.08. The molecule has 1 N–H and O–H groups in total. The topological polar surface area (TPSA) is 68.4 Å². The van der Waals surface area contributed by atoms with Gasteiger partial charge in [0.1, 0.15) is 12.3 Å². The number of carbonyl (C=O) groups is 2. The fourth-order valence-electron chi connectivity index (χ4n) is 3.42. The minimum absolute atomic E-state index is 0.0494. The summed E-state index contributed by atoms with van der Waals surface area (Å²) in [7, 11) is 0. The van der Waals surface area contributed by atoms with Crippen LogP contribution in [0.3, 0.4) is 0 Å². The third-order valence-electron chi connectivity index (χ3n) is 4.70. The lowest BCUT2D eigenvalue weighted by atomic mass is 9.81. The van der Waals surface area contributed by atoms with E-state index in [0.717, 1.165) is 11.3 Å². The number of aromatic nitrogens is 1. The van der Waals surface area contributed by atoms with Crippen molar-refractivity contribution in [3.63, 3.8) is 0 Å². The Morgan fingerprint density at radius 2 is 1.96 bits per heavy atom. The van der Waals surface area contributed by atoms with Gasteiger partial charge in [-0.15, -0.1) is 0 Å². The van der Waals surface area contributed by atoms with Gasteiger partial charge >= 0.3 is 5.97 Å². The summed E-state index contributed by atoms with van der Waals surface area (Å²) in [6.07, 6.45) is 1.10. The van der Waals surface area contributed by atoms with Gasteiger partial charge in [0.25, 0.3) is 0 Å². The number of aromatic amines is 1. The van der Waals surface area contributed by atoms with E-state index in [4.69, 9.17) is 21.1 Å². The Morgan fingerprint density at radius 3 is 2.65 bits per heavy atom. The summed E-state index contributed by atoms with van der Waals surface area (Å²) < 4.78 is 10.4. The fraction of sp³-hybridized carbons (Fsp3) is 0.400. The van der Waals surface area contributed by atoms with Crippen LogP contribution >= 0.6 is 11.6 Å². The van der Waals surface area contributed by atoms with Crippen LogP contribution in [0.4, 0.5) is 0 Å². The minimum Gasteiger partial charge on any atom is -0.459 e. The molecule has 1 aromatic carbocycles. The predicted molar refractivity (Wildman–Crippen MR) is 99.1 cm³/mol. The van der Waals surface area contributed by atoms with Crippen molar-refractivity contribution in [3.05, 3.63) is 57.4 Å².